The van der Waals surface area contributed by atoms with E-state index in [0.717, 1.165) is 11.4 Å². The maximum Gasteiger partial charge on any atom is 0.394 e. The fourth-order valence-corrected chi connectivity index (χ4v) is 2.25. The van der Waals surface area contributed by atoms with E-state index in [1.54, 1.807) is 0 Å². The Kier molecular flexibility index (Phi) is 26.3. The molecule has 0 aliphatic heterocycles. The zero-order chi connectivity index (χ0) is 26.1. The SMILES string of the molecule is CCN(CC)CC.CCN(CC)CC.Nc1ccccc1.Nc1ccccc1.O=S(=O)(O)O. The van der Waals surface area contributed by atoms with E-state index >= 15 is 0 Å². The lowest BCUT2D eigenvalue weighted by Crippen LogP contribution is -2.21. The lowest BCUT2D eigenvalue weighted by atomic mass is 10.3. The Bertz CT molecular complexity index is 656. The van der Waals surface area contributed by atoms with E-state index in [1.807, 2.05) is 60.7 Å². The summed E-state index contributed by atoms with van der Waals surface area (Å²) in [6.07, 6.45) is 0. The van der Waals surface area contributed by atoms with Crippen LogP contribution in [0.2, 0.25) is 0 Å². The monoisotopic (exact) mass is 486 g/mol. The summed E-state index contributed by atoms with van der Waals surface area (Å²) in [5, 5.41) is 0. The second-order valence-electron chi connectivity index (χ2n) is 6.51. The third-order valence-corrected chi connectivity index (χ3v) is 4.28. The average molecular weight is 487 g/mol. The van der Waals surface area contributed by atoms with Crippen molar-refractivity contribution in [2.45, 2.75) is 41.5 Å². The van der Waals surface area contributed by atoms with Crippen molar-refractivity contribution in [2.75, 3.05) is 50.7 Å². The quantitative estimate of drug-likeness (QED) is 0.344. The van der Waals surface area contributed by atoms with Crippen LogP contribution in [0.15, 0.2) is 60.7 Å². The molecule has 0 saturated heterocycles. The lowest BCUT2D eigenvalue weighted by Gasteiger charge is -2.13. The molecule has 2 rings (SSSR count). The average Bonchev–Trinajstić information content (AvgIpc) is 2.78. The van der Waals surface area contributed by atoms with Crippen LogP contribution < -0.4 is 11.5 Å². The topological polar surface area (TPSA) is 133 Å². The smallest absolute Gasteiger partial charge is 0.394 e. The van der Waals surface area contributed by atoms with Gasteiger partial charge in [0.25, 0.3) is 0 Å². The Labute approximate surface area is 202 Å². The summed E-state index contributed by atoms with van der Waals surface area (Å²) >= 11 is 0. The maximum absolute atomic E-state index is 8.74. The van der Waals surface area contributed by atoms with Crippen LogP contribution in [-0.4, -0.2) is 66.6 Å². The van der Waals surface area contributed by atoms with Gasteiger partial charge in [0.2, 0.25) is 0 Å². The second-order valence-corrected chi connectivity index (χ2v) is 7.40. The van der Waals surface area contributed by atoms with Gasteiger partial charge in [-0.1, -0.05) is 77.9 Å². The molecule has 0 atom stereocenters. The van der Waals surface area contributed by atoms with E-state index in [1.165, 1.54) is 39.3 Å². The van der Waals surface area contributed by atoms with Crippen LogP contribution in [0.1, 0.15) is 41.5 Å². The summed E-state index contributed by atoms with van der Waals surface area (Å²) < 4.78 is 31.6. The highest BCUT2D eigenvalue weighted by Crippen LogP contribution is 1.96. The van der Waals surface area contributed by atoms with Crippen molar-refractivity contribution in [3.05, 3.63) is 60.7 Å². The summed E-state index contributed by atoms with van der Waals surface area (Å²) in [4.78, 5) is 4.75. The fraction of sp³-hybridized carbons (Fsp3) is 0.500. The first kappa shape index (κ1) is 35.4. The van der Waals surface area contributed by atoms with Crippen molar-refractivity contribution >= 4 is 21.8 Å². The van der Waals surface area contributed by atoms with Crippen LogP contribution in [0.3, 0.4) is 0 Å². The minimum Gasteiger partial charge on any atom is -0.399 e. The van der Waals surface area contributed by atoms with Gasteiger partial charge in [-0.15, -0.1) is 0 Å². The van der Waals surface area contributed by atoms with E-state index in [4.69, 9.17) is 29.0 Å². The number of benzene rings is 2. The first-order chi connectivity index (χ1) is 15.5. The van der Waals surface area contributed by atoms with Crippen molar-refractivity contribution < 1.29 is 17.5 Å². The molecule has 6 N–H and O–H groups in total. The molecule has 0 aliphatic carbocycles. The van der Waals surface area contributed by atoms with E-state index in [9.17, 15) is 0 Å². The van der Waals surface area contributed by atoms with Gasteiger partial charge in [-0.2, -0.15) is 8.42 Å². The van der Waals surface area contributed by atoms with Gasteiger partial charge in [0.1, 0.15) is 0 Å². The van der Waals surface area contributed by atoms with Crippen molar-refractivity contribution in [2.24, 2.45) is 0 Å². The van der Waals surface area contributed by atoms with Gasteiger partial charge < -0.3 is 21.3 Å². The molecule has 9 heteroatoms. The third-order valence-electron chi connectivity index (χ3n) is 4.28. The Hall–Kier alpha value is -2.17. The number of nitrogen functional groups attached to an aromatic ring is 2. The summed E-state index contributed by atoms with van der Waals surface area (Å²) in [5.74, 6) is 0. The second kappa shape index (κ2) is 24.5. The summed E-state index contributed by atoms with van der Waals surface area (Å²) in [6.45, 7) is 20.2. The van der Waals surface area contributed by atoms with Gasteiger partial charge in [0.05, 0.1) is 0 Å². The van der Waals surface area contributed by atoms with Crippen LogP contribution in [0.5, 0.6) is 0 Å². The van der Waals surface area contributed by atoms with Crippen LogP contribution >= 0.6 is 0 Å². The summed E-state index contributed by atoms with van der Waals surface area (Å²) in [5.41, 5.74) is 12.4. The molecule has 0 aromatic heterocycles. The van der Waals surface area contributed by atoms with Gasteiger partial charge in [-0.3, -0.25) is 9.11 Å². The molecule has 2 aromatic carbocycles. The van der Waals surface area contributed by atoms with Crippen molar-refractivity contribution in [3.63, 3.8) is 0 Å². The van der Waals surface area contributed by atoms with Crippen LogP contribution in [0.25, 0.3) is 0 Å². The van der Waals surface area contributed by atoms with E-state index in [0.29, 0.717) is 0 Å². The highest BCUT2D eigenvalue weighted by Gasteiger charge is 1.89. The van der Waals surface area contributed by atoms with Gasteiger partial charge in [0, 0.05) is 11.4 Å². The number of para-hydroxylation sites is 2. The molecule has 8 nitrogen and oxygen atoms in total. The van der Waals surface area contributed by atoms with E-state index in [-0.39, 0.29) is 0 Å². The highest BCUT2D eigenvalue weighted by molar-refractivity contribution is 7.79. The zero-order valence-corrected chi connectivity index (χ0v) is 22.0. The molecule has 33 heavy (non-hydrogen) atoms. The molecular formula is C24H46N4O4S. The molecular weight excluding hydrogens is 440 g/mol. The number of hydrogen-bond donors (Lipinski definition) is 4. The van der Waals surface area contributed by atoms with Gasteiger partial charge in [0.15, 0.2) is 0 Å². The predicted molar refractivity (Wildman–Crippen MR) is 143 cm³/mol. The van der Waals surface area contributed by atoms with Gasteiger partial charge >= 0.3 is 10.4 Å². The van der Waals surface area contributed by atoms with Crippen molar-refractivity contribution in [3.8, 4) is 0 Å². The number of nitrogens with zero attached hydrogens (tertiary/aromatic N) is 2. The molecule has 0 saturated carbocycles. The highest BCUT2D eigenvalue weighted by atomic mass is 32.3. The number of hydrogen-bond acceptors (Lipinski definition) is 6. The normalized spacial score (nSPS) is 9.76. The summed E-state index contributed by atoms with van der Waals surface area (Å²) in [6, 6.07) is 19.0. The maximum atomic E-state index is 8.74. The van der Waals surface area contributed by atoms with Gasteiger partial charge in [-0.25, -0.2) is 0 Å². The molecule has 0 fully saturated rings. The Morgan fingerprint density at radius 1 is 0.576 bits per heavy atom. The van der Waals surface area contributed by atoms with E-state index < -0.39 is 10.4 Å². The first-order valence-electron chi connectivity index (χ1n) is 11.2. The largest absolute Gasteiger partial charge is 0.399 e. The molecule has 0 aliphatic rings. The third kappa shape index (κ3) is 34.6. The standard InChI is InChI=1S/2C6H7N.2C6H15N.H2O4S/c2*7-6-4-2-1-3-5-6;2*1-4-7(5-2)6-3;1-5(2,3)4/h2*1-5H,7H2;2*4-6H2,1-3H3;(H2,1,2,3,4). The van der Waals surface area contributed by atoms with Crippen molar-refractivity contribution in [1.82, 2.24) is 9.80 Å². The van der Waals surface area contributed by atoms with Crippen LogP contribution in [0, 0.1) is 0 Å². The molecule has 0 unspecified atom stereocenters. The predicted octanol–water partition coefficient (Wildman–Crippen LogP) is 4.58. The molecule has 2 aromatic rings. The molecule has 0 spiro atoms. The molecule has 0 radical (unpaired) electrons. The zero-order valence-electron chi connectivity index (χ0n) is 21.2. The lowest BCUT2D eigenvalue weighted by molar-refractivity contribution is 0.321. The molecule has 0 amide bonds. The van der Waals surface area contributed by atoms with Gasteiger partial charge in [-0.05, 0) is 63.5 Å². The number of nitrogens with two attached hydrogens (primary N) is 2. The van der Waals surface area contributed by atoms with Crippen molar-refractivity contribution in [1.29, 1.82) is 0 Å². The van der Waals surface area contributed by atoms with E-state index in [2.05, 4.69) is 51.3 Å². The molecule has 0 heterocycles. The Morgan fingerprint density at radius 2 is 0.758 bits per heavy atom. The number of rotatable bonds is 6. The molecule has 192 valence electrons. The first-order valence-corrected chi connectivity index (χ1v) is 12.6. The Morgan fingerprint density at radius 3 is 0.818 bits per heavy atom. The van der Waals surface area contributed by atoms with Crippen LogP contribution in [-0.2, 0) is 10.4 Å². The van der Waals surface area contributed by atoms with Crippen LogP contribution in [0.4, 0.5) is 11.4 Å². The minimum atomic E-state index is -4.67. The Balaban J connectivity index is -0.000000343. The number of anilines is 2. The molecule has 0 bridgehead atoms. The fourth-order valence-electron chi connectivity index (χ4n) is 2.25. The summed E-state index contributed by atoms with van der Waals surface area (Å²) in [7, 11) is -4.67. The minimum absolute atomic E-state index is 0.822.